The van der Waals surface area contributed by atoms with Gasteiger partial charge in [0.05, 0.1) is 34.1 Å². The molecule has 156 valence electrons. The van der Waals surface area contributed by atoms with E-state index in [4.69, 9.17) is 27.9 Å². The van der Waals surface area contributed by atoms with E-state index in [-0.39, 0.29) is 11.5 Å². The molecule has 1 aromatic heterocycles. The van der Waals surface area contributed by atoms with Crippen molar-refractivity contribution in [3.8, 4) is 11.4 Å². The molecule has 1 aliphatic rings. The van der Waals surface area contributed by atoms with Crippen molar-refractivity contribution in [3.63, 3.8) is 0 Å². The van der Waals surface area contributed by atoms with Gasteiger partial charge in [0.25, 0.3) is 5.91 Å². The first-order valence-electron chi connectivity index (χ1n) is 9.11. The number of rotatable bonds is 5. The van der Waals surface area contributed by atoms with E-state index in [2.05, 4.69) is 25.7 Å². The molecule has 0 spiro atoms. The fourth-order valence-corrected chi connectivity index (χ4v) is 4.63. The van der Waals surface area contributed by atoms with Crippen molar-refractivity contribution in [2.45, 2.75) is 0 Å². The van der Waals surface area contributed by atoms with E-state index in [1.54, 1.807) is 12.1 Å². The minimum absolute atomic E-state index is 0.285. The van der Waals surface area contributed by atoms with Gasteiger partial charge in [0.2, 0.25) is 0 Å². The van der Waals surface area contributed by atoms with Crippen LogP contribution in [0.15, 0.2) is 36.7 Å². The molecule has 1 amide bonds. The number of hydrogen-bond donors (Lipinski definition) is 1. The van der Waals surface area contributed by atoms with E-state index in [0.29, 0.717) is 27.2 Å². The van der Waals surface area contributed by atoms with E-state index in [1.807, 2.05) is 23.9 Å². The van der Waals surface area contributed by atoms with Crippen LogP contribution in [0.3, 0.4) is 0 Å². The molecule has 1 fully saturated rings. The summed E-state index contributed by atoms with van der Waals surface area (Å²) in [5.41, 5.74) is 2.35. The topological polar surface area (TPSA) is 85.2 Å². The van der Waals surface area contributed by atoms with Crippen LogP contribution in [0, 0.1) is 0 Å². The number of amides is 1. The molecule has 0 atom stereocenters. The largest absolute Gasteiger partial charge is 0.496 e. The lowest BCUT2D eigenvalue weighted by atomic mass is 10.1. The molecule has 0 bridgehead atoms. The Balaban J connectivity index is 1.56. The number of nitrogens with one attached hydrogen (secondary N) is 1. The second-order valence-corrected chi connectivity index (χ2v) is 8.52. The first-order chi connectivity index (χ1) is 14.6. The van der Waals surface area contributed by atoms with Crippen LogP contribution in [0.2, 0.25) is 10.0 Å². The van der Waals surface area contributed by atoms with Gasteiger partial charge in [-0.15, -0.1) is 5.10 Å². The van der Waals surface area contributed by atoms with Crippen molar-refractivity contribution in [3.05, 3.63) is 52.3 Å². The lowest BCUT2D eigenvalue weighted by molar-refractivity contribution is 0.102. The highest BCUT2D eigenvalue weighted by atomic mass is 35.5. The highest BCUT2D eigenvalue weighted by Crippen LogP contribution is 2.32. The van der Waals surface area contributed by atoms with E-state index in [1.165, 1.54) is 24.2 Å². The Kier molecular flexibility index (Phi) is 6.31. The molecule has 0 saturated carbocycles. The lowest BCUT2D eigenvalue weighted by Gasteiger charge is -2.29. The summed E-state index contributed by atoms with van der Waals surface area (Å²) >= 11 is 14.8. The first kappa shape index (κ1) is 20.8. The van der Waals surface area contributed by atoms with Crippen LogP contribution in [-0.2, 0) is 0 Å². The number of carbonyl (C=O) groups excluding carboxylic acids is 1. The molecular weight excluding hydrogens is 447 g/mol. The number of aromatic nitrogens is 4. The molecule has 0 aliphatic carbocycles. The van der Waals surface area contributed by atoms with Crippen LogP contribution in [0.1, 0.15) is 10.4 Å². The average molecular weight is 465 g/mol. The number of nitrogens with zero attached hydrogens (tertiary/aromatic N) is 5. The Morgan fingerprint density at radius 3 is 2.57 bits per heavy atom. The van der Waals surface area contributed by atoms with Gasteiger partial charge >= 0.3 is 0 Å². The molecule has 0 radical (unpaired) electrons. The number of halogens is 2. The molecular formula is C19H18Cl2N6O2S. The second kappa shape index (κ2) is 9.11. The maximum absolute atomic E-state index is 12.9. The first-order valence-corrected chi connectivity index (χ1v) is 11.0. The third-order valence-corrected chi connectivity index (χ3v) is 6.21. The summed E-state index contributed by atoms with van der Waals surface area (Å²) in [6.45, 7) is 1.92. The third-order valence-electron chi connectivity index (χ3n) is 4.67. The van der Waals surface area contributed by atoms with Crippen LogP contribution < -0.4 is 15.0 Å². The summed E-state index contributed by atoms with van der Waals surface area (Å²) in [4.78, 5) is 15.1. The fourth-order valence-electron chi connectivity index (χ4n) is 3.18. The van der Waals surface area contributed by atoms with Crippen molar-refractivity contribution in [2.75, 3.05) is 41.9 Å². The Morgan fingerprint density at radius 2 is 1.90 bits per heavy atom. The maximum atomic E-state index is 12.9. The van der Waals surface area contributed by atoms with Gasteiger partial charge in [-0.25, -0.2) is 0 Å². The molecule has 3 aromatic rings. The number of methoxy groups -OCH3 is 1. The number of hydrogen-bond acceptors (Lipinski definition) is 7. The van der Waals surface area contributed by atoms with Crippen molar-refractivity contribution in [1.82, 2.24) is 20.2 Å². The molecule has 1 N–H and O–H groups in total. The van der Waals surface area contributed by atoms with Gasteiger partial charge in [0.1, 0.15) is 12.1 Å². The molecule has 11 heteroatoms. The Hall–Kier alpha value is -2.49. The fraction of sp³-hybridized carbons (Fsp3) is 0.263. The number of anilines is 2. The molecule has 8 nitrogen and oxygen atoms in total. The van der Waals surface area contributed by atoms with Crippen LogP contribution >= 0.6 is 35.0 Å². The smallest absolute Gasteiger partial charge is 0.259 e. The van der Waals surface area contributed by atoms with Crippen molar-refractivity contribution in [1.29, 1.82) is 0 Å². The van der Waals surface area contributed by atoms with Gasteiger partial charge in [0.15, 0.2) is 0 Å². The van der Waals surface area contributed by atoms with Gasteiger partial charge in [-0.2, -0.15) is 16.4 Å². The monoisotopic (exact) mass is 464 g/mol. The Morgan fingerprint density at radius 1 is 1.13 bits per heavy atom. The molecule has 0 unspecified atom stereocenters. The van der Waals surface area contributed by atoms with Gasteiger partial charge < -0.3 is 15.0 Å². The Bertz CT molecular complexity index is 1060. The summed E-state index contributed by atoms with van der Waals surface area (Å²) < 4.78 is 6.78. The van der Waals surface area contributed by atoms with E-state index < -0.39 is 0 Å². The average Bonchev–Trinajstić information content (AvgIpc) is 3.29. The third kappa shape index (κ3) is 4.33. The van der Waals surface area contributed by atoms with Gasteiger partial charge in [-0.3, -0.25) is 4.79 Å². The quantitative estimate of drug-likeness (QED) is 0.614. The molecule has 1 aliphatic heterocycles. The zero-order valence-corrected chi connectivity index (χ0v) is 18.3. The van der Waals surface area contributed by atoms with Crippen molar-refractivity contribution >= 4 is 52.2 Å². The summed E-state index contributed by atoms with van der Waals surface area (Å²) in [5, 5.41) is 14.8. The molecule has 1 saturated heterocycles. The highest BCUT2D eigenvalue weighted by Gasteiger charge is 2.19. The number of benzene rings is 2. The van der Waals surface area contributed by atoms with Gasteiger partial charge in [-0.05, 0) is 34.7 Å². The van der Waals surface area contributed by atoms with Gasteiger partial charge in [-0.1, -0.05) is 23.2 Å². The normalized spacial score (nSPS) is 13.9. The predicted octanol–water partition coefficient (Wildman–Crippen LogP) is 3.78. The zero-order chi connectivity index (χ0) is 21.1. The standard InChI is InChI=1S/C19H18Cl2N6O2S/c1-29-18-10-17(27-11-22-24-25-27)15(21)9-13(18)19(28)23-12-2-3-16(14(20)8-12)26-4-6-30-7-5-26/h2-3,8-11H,4-7H2,1H3,(H,23,28). The minimum Gasteiger partial charge on any atom is -0.496 e. The second-order valence-electron chi connectivity index (χ2n) is 6.48. The zero-order valence-electron chi connectivity index (χ0n) is 16.0. The maximum Gasteiger partial charge on any atom is 0.259 e. The lowest BCUT2D eigenvalue weighted by Crippen LogP contribution is -2.32. The SMILES string of the molecule is COc1cc(-n2cnnn2)c(Cl)cc1C(=O)Nc1ccc(N2CCSCC2)c(Cl)c1. The molecule has 30 heavy (non-hydrogen) atoms. The van der Waals surface area contributed by atoms with Gasteiger partial charge in [0, 0.05) is 36.3 Å². The number of carbonyl (C=O) groups is 1. The minimum atomic E-state index is -0.366. The molecule has 4 rings (SSSR count). The van der Waals surface area contributed by atoms with E-state index in [9.17, 15) is 4.79 Å². The van der Waals surface area contributed by atoms with Crippen LogP contribution in [-0.4, -0.2) is 57.8 Å². The van der Waals surface area contributed by atoms with Crippen LogP contribution in [0.4, 0.5) is 11.4 Å². The predicted molar refractivity (Wildman–Crippen MR) is 120 cm³/mol. The van der Waals surface area contributed by atoms with Crippen molar-refractivity contribution < 1.29 is 9.53 Å². The summed E-state index contributed by atoms with van der Waals surface area (Å²) in [6, 6.07) is 8.65. The molecule has 2 heterocycles. The summed E-state index contributed by atoms with van der Waals surface area (Å²) in [5.74, 6) is 2.14. The van der Waals surface area contributed by atoms with Crippen LogP contribution in [0.25, 0.3) is 5.69 Å². The Labute approximate surface area is 187 Å². The number of thioether (sulfide) groups is 1. The number of tetrazole rings is 1. The highest BCUT2D eigenvalue weighted by molar-refractivity contribution is 7.99. The molecule has 2 aromatic carbocycles. The van der Waals surface area contributed by atoms with Crippen molar-refractivity contribution in [2.24, 2.45) is 0 Å². The summed E-state index contributed by atoms with van der Waals surface area (Å²) in [6.07, 6.45) is 1.41. The van der Waals surface area contributed by atoms with E-state index >= 15 is 0 Å². The number of ether oxygens (including phenoxy) is 1. The van der Waals surface area contributed by atoms with Crippen LogP contribution in [0.5, 0.6) is 5.75 Å². The van der Waals surface area contributed by atoms with E-state index in [0.717, 1.165) is 30.3 Å². The summed E-state index contributed by atoms with van der Waals surface area (Å²) in [7, 11) is 1.48.